The smallest absolute Gasteiger partial charge is 0.416 e. The van der Waals surface area contributed by atoms with E-state index in [1.807, 2.05) is 0 Å². The van der Waals surface area contributed by atoms with Crippen LogP contribution in [0.2, 0.25) is 0 Å². The Hall–Kier alpha value is -3.46. The molecule has 0 radical (unpaired) electrons. The quantitative estimate of drug-likeness (QED) is 0.286. The van der Waals surface area contributed by atoms with Crippen LogP contribution in [0.3, 0.4) is 0 Å². The largest absolute Gasteiger partial charge is 0.450 e. The van der Waals surface area contributed by atoms with E-state index in [4.69, 9.17) is 4.42 Å². The summed E-state index contributed by atoms with van der Waals surface area (Å²) in [6.45, 7) is 0. The van der Waals surface area contributed by atoms with Crippen molar-refractivity contribution in [2.75, 3.05) is 4.90 Å². The lowest BCUT2D eigenvalue weighted by molar-refractivity contribution is -0.137. The highest BCUT2D eigenvalue weighted by Crippen LogP contribution is 2.43. The van der Waals surface area contributed by atoms with Crippen LogP contribution >= 0.6 is 15.9 Å². The van der Waals surface area contributed by atoms with Gasteiger partial charge >= 0.3 is 6.18 Å². The number of hydrogen-bond donors (Lipinski definition) is 0. The number of amides is 1. The molecule has 0 aliphatic carbocycles. The Morgan fingerprint density at radius 2 is 1.70 bits per heavy atom. The second-order valence-electron chi connectivity index (χ2n) is 7.50. The molecule has 1 amide bonds. The monoisotopic (exact) mass is 517 g/mol. The van der Waals surface area contributed by atoms with E-state index in [9.17, 15) is 27.2 Å². The SMILES string of the molecule is O=C1c2oc3ccc(F)cc3c(=O)c2C(c2cccc(Br)c2)N1c1cccc(C(F)(F)F)c1. The van der Waals surface area contributed by atoms with Gasteiger partial charge in [-0.2, -0.15) is 13.2 Å². The molecule has 1 aromatic heterocycles. The molecule has 9 heteroatoms. The topological polar surface area (TPSA) is 50.5 Å². The maximum absolute atomic E-state index is 13.8. The number of anilines is 1. The maximum Gasteiger partial charge on any atom is 0.416 e. The lowest BCUT2D eigenvalue weighted by Crippen LogP contribution is -2.29. The lowest BCUT2D eigenvalue weighted by Gasteiger charge is -2.26. The normalized spacial score (nSPS) is 15.8. The second-order valence-corrected chi connectivity index (χ2v) is 8.41. The van der Waals surface area contributed by atoms with Gasteiger partial charge in [-0.05, 0) is 54.1 Å². The van der Waals surface area contributed by atoms with Crippen LogP contribution in [0.15, 0.2) is 80.4 Å². The third-order valence-corrected chi connectivity index (χ3v) is 5.94. The van der Waals surface area contributed by atoms with Gasteiger partial charge < -0.3 is 4.42 Å². The Kier molecular flexibility index (Phi) is 4.89. The van der Waals surface area contributed by atoms with Gasteiger partial charge in [0, 0.05) is 10.2 Å². The molecule has 1 aliphatic heterocycles. The van der Waals surface area contributed by atoms with E-state index < -0.39 is 34.9 Å². The number of carbonyl (C=O) groups is 1. The van der Waals surface area contributed by atoms with Crippen LogP contribution in [-0.4, -0.2) is 5.91 Å². The lowest BCUT2D eigenvalue weighted by atomic mass is 9.98. The second kappa shape index (κ2) is 7.55. The summed E-state index contributed by atoms with van der Waals surface area (Å²) in [5.74, 6) is -1.72. The number of hydrogen-bond acceptors (Lipinski definition) is 3. The van der Waals surface area contributed by atoms with E-state index in [2.05, 4.69) is 15.9 Å². The number of alkyl halides is 3. The van der Waals surface area contributed by atoms with Crippen molar-refractivity contribution in [1.29, 1.82) is 0 Å². The average Bonchev–Trinajstić information content (AvgIpc) is 3.06. The fourth-order valence-corrected chi connectivity index (χ4v) is 4.45. The van der Waals surface area contributed by atoms with E-state index in [0.717, 1.165) is 29.2 Å². The molecule has 3 aromatic carbocycles. The minimum Gasteiger partial charge on any atom is -0.450 e. The standard InChI is InChI=1S/C24H12BrF4NO3/c25-14-5-1-3-12(9-14)20-19-21(31)17-11-15(26)7-8-18(17)33-22(19)23(32)30(20)16-6-2-4-13(10-16)24(27,28)29/h1-11,20H. The third kappa shape index (κ3) is 3.52. The predicted octanol–water partition coefficient (Wildman–Crippen LogP) is 6.46. The molecule has 166 valence electrons. The van der Waals surface area contributed by atoms with Crippen molar-refractivity contribution < 1.29 is 26.8 Å². The van der Waals surface area contributed by atoms with Crippen LogP contribution in [0.5, 0.6) is 0 Å². The highest BCUT2D eigenvalue weighted by Gasteiger charge is 2.44. The number of nitrogens with zero attached hydrogens (tertiary/aromatic N) is 1. The summed E-state index contributed by atoms with van der Waals surface area (Å²) in [5.41, 5.74) is -1.21. The van der Waals surface area contributed by atoms with Gasteiger partial charge in [0.25, 0.3) is 5.91 Å². The highest BCUT2D eigenvalue weighted by atomic mass is 79.9. The van der Waals surface area contributed by atoms with Gasteiger partial charge in [-0.3, -0.25) is 14.5 Å². The number of benzene rings is 3. The van der Waals surface area contributed by atoms with E-state index in [0.29, 0.717) is 10.0 Å². The fourth-order valence-electron chi connectivity index (χ4n) is 4.04. The summed E-state index contributed by atoms with van der Waals surface area (Å²) in [7, 11) is 0. The summed E-state index contributed by atoms with van der Waals surface area (Å²) in [4.78, 5) is 27.9. The molecule has 0 saturated heterocycles. The van der Waals surface area contributed by atoms with Gasteiger partial charge in [0.1, 0.15) is 11.4 Å². The van der Waals surface area contributed by atoms with E-state index >= 15 is 0 Å². The molecular weight excluding hydrogens is 506 g/mol. The number of rotatable bonds is 2. The summed E-state index contributed by atoms with van der Waals surface area (Å²) >= 11 is 3.34. The molecule has 0 spiro atoms. The first-order valence-corrected chi connectivity index (χ1v) is 10.5. The van der Waals surface area contributed by atoms with E-state index in [1.165, 1.54) is 18.2 Å². The van der Waals surface area contributed by atoms with Crippen molar-refractivity contribution in [3.8, 4) is 0 Å². The molecule has 2 heterocycles. The van der Waals surface area contributed by atoms with Crippen LogP contribution in [0, 0.1) is 5.82 Å². The summed E-state index contributed by atoms with van der Waals surface area (Å²) < 4.78 is 60.3. The van der Waals surface area contributed by atoms with Crippen LogP contribution < -0.4 is 10.3 Å². The van der Waals surface area contributed by atoms with Crippen LogP contribution in [0.25, 0.3) is 11.0 Å². The summed E-state index contributed by atoms with van der Waals surface area (Å²) in [6, 6.07) is 13.3. The zero-order chi connectivity index (χ0) is 23.5. The number of carbonyl (C=O) groups excluding carboxylic acids is 1. The first-order valence-electron chi connectivity index (χ1n) is 9.67. The molecule has 33 heavy (non-hydrogen) atoms. The van der Waals surface area contributed by atoms with Crippen molar-refractivity contribution in [3.05, 3.63) is 110 Å². The minimum absolute atomic E-state index is 0.00684. The zero-order valence-electron chi connectivity index (χ0n) is 16.5. The Bertz CT molecular complexity index is 1500. The van der Waals surface area contributed by atoms with Crippen LogP contribution in [0.4, 0.5) is 23.2 Å². The molecule has 1 unspecified atom stereocenters. The van der Waals surface area contributed by atoms with Crippen molar-refractivity contribution in [2.24, 2.45) is 0 Å². The molecule has 4 nitrogen and oxygen atoms in total. The van der Waals surface area contributed by atoms with Crippen LogP contribution in [-0.2, 0) is 6.18 Å². The Balaban J connectivity index is 1.81. The molecular formula is C24H12BrF4NO3. The van der Waals surface area contributed by atoms with Gasteiger partial charge in [0.05, 0.1) is 22.6 Å². The van der Waals surface area contributed by atoms with Crippen molar-refractivity contribution in [1.82, 2.24) is 0 Å². The number of halogens is 5. The Labute approximate surface area is 192 Å². The number of fused-ring (bicyclic) bond motifs is 2. The molecule has 0 saturated carbocycles. The van der Waals surface area contributed by atoms with Crippen molar-refractivity contribution in [2.45, 2.75) is 12.2 Å². The molecule has 1 atom stereocenters. The van der Waals surface area contributed by atoms with Crippen molar-refractivity contribution in [3.63, 3.8) is 0 Å². The molecule has 0 bridgehead atoms. The predicted molar refractivity (Wildman–Crippen MR) is 117 cm³/mol. The minimum atomic E-state index is -4.63. The van der Waals surface area contributed by atoms with E-state index in [1.54, 1.807) is 24.3 Å². The molecule has 1 aliphatic rings. The van der Waals surface area contributed by atoms with Crippen LogP contribution in [0.1, 0.15) is 33.3 Å². The van der Waals surface area contributed by atoms with E-state index in [-0.39, 0.29) is 28.0 Å². The van der Waals surface area contributed by atoms with Gasteiger partial charge in [-0.15, -0.1) is 0 Å². The van der Waals surface area contributed by atoms with Crippen molar-refractivity contribution >= 4 is 38.5 Å². The molecule has 0 fully saturated rings. The third-order valence-electron chi connectivity index (χ3n) is 5.45. The fraction of sp³-hybridized carbons (Fsp3) is 0.0833. The molecule has 5 rings (SSSR count). The first-order chi connectivity index (χ1) is 15.6. The summed E-state index contributed by atoms with van der Waals surface area (Å²) in [6.07, 6.45) is -4.63. The van der Waals surface area contributed by atoms with Gasteiger partial charge in [0.15, 0.2) is 5.43 Å². The molecule has 4 aromatic rings. The summed E-state index contributed by atoms with van der Waals surface area (Å²) in [5, 5.41) is -0.0626. The Morgan fingerprint density at radius 3 is 2.42 bits per heavy atom. The van der Waals surface area contributed by atoms with Gasteiger partial charge in [-0.1, -0.05) is 34.1 Å². The molecule has 0 N–H and O–H groups in total. The van der Waals surface area contributed by atoms with Gasteiger partial charge in [0.2, 0.25) is 5.76 Å². The van der Waals surface area contributed by atoms with Gasteiger partial charge in [-0.25, -0.2) is 4.39 Å². The highest BCUT2D eigenvalue weighted by molar-refractivity contribution is 9.10. The maximum atomic E-state index is 13.8. The first kappa shape index (κ1) is 21.4. The Morgan fingerprint density at radius 1 is 0.939 bits per heavy atom. The zero-order valence-corrected chi connectivity index (χ0v) is 18.1. The average molecular weight is 518 g/mol.